The van der Waals surface area contributed by atoms with E-state index in [4.69, 9.17) is 22.1 Å². The Labute approximate surface area is 119 Å². The molecule has 0 unspecified atom stereocenters. The van der Waals surface area contributed by atoms with Crippen molar-refractivity contribution < 1.29 is 4.74 Å². The molecule has 0 saturated heterocycles. The van der Waals surface area contributed by atoms with Crippen molar-refractivity contribution in [3.05, 3.63) is 56.6 Å². The molecule has 17 heavy (non-hydrogen) atoms. The first kappa shape index (κ1) is 12.5. The first-order valence-corrected chi connectivity index (χ1v) is 6.53. The molecule has 0 amide bonds. The lowest BCUT2D eigenvalue weighted by Crippen LogP contribution is -1.97. The minimum Gasteiger partial charge on any atom is -0.489 e. The number of nitrogen functional groups attached to an aromatic ring is 1. The van der Waals surface area contributed by atoms with Crippen LogP contribution in [0.4, 0.5) is 5.69 Å². The van der Waals surface area contributed by atoms with Crippen LogP contribution in [0.5, 0.6) is 5.75 Å². The van der Waals surface area contributed by atoms with Crippen molar-refractivity contribution in [3.63, 3.8) is 0 Å². The molecule has 0 radical (unpaired) electrons. The summed E-state index contributed by atoms with van der Waals surface area (Å²) in [7, 11) is 0. The Morgan fingerprint density at radius 3 is 2.71 bits per heavy atom. The fraction of sp³-hybridized carbons (Fsp3) is 0.0769. The summed E-state index contributed by atoms with van der Waals surface area (Å²) in [6, 6.07) is 13.4. The number of halogens is 2. The number of benzene rings is 2. The molecule has 2 aromatic rings. The normalized spacial score (nSPS) is 10.2. The average molecular weight is 360 g/mol. The average Bonchev–Trinajstić information content (AvgIpc) is 2.31. The lowest BCUT2D eigenvalue weighted by atomic mass is 10.2. The lowest BCUT2D eigenvalue weighted by molar-refractivity contribution is 0.306. The van der Waals surface area contributed by atoms with Crippen molar-refractivity contribution in [3.8, 4) is 5.75 Å². The van der Waals surface area contributed by atoms with E-state index in [2.05, 4.69) is 22.6 Å². The molecule has 0 heterocycles. The van der Waals surface area contributed by atoms with Crippen molar-refractivity contribution in [1.29, 1.82) is 0 Å². The molecule has 0 aliphatic carbocycles. The highest BCUT2D eigenvalue weighted by Gasteiger charge is 2.00. The smallest absolute Gasteiger partial charge is 0.120 e. The Bertz CT molecular complexity index is 531. The van der Waals surface area contributed by atoms with Gasteiger partial charge in [0.25, 0.3) is 0 Å². The molecular weight excluding hydrogens is 349 g/mol. The first-order chi connectivity index (χ1) is 8.15. The minimum atomic E-state index is 0.488. The van der Waals surface area contributed by atoms with Gasteiger partial charge in [0.1, 0.15) is 12.4 Å². The summed E-state index contributed by atoms with van der Waals surface area (Å²) in [5.41, 5.74) is 7.31. The van der Waals surface area contributed by atoms with Gasteiger partial charge in [-0.05, 0) is 58.5 Å². The maximum absolute atomic E-state index is 5.85. The van der Waals surface area contributed by atoms with E-state index in [0.717, 1.165) is 14.9 Å². The lowest BCUT2D eigenvalue weighted by Gasteiger charge is -2.07. The largest absolute Gasteiger partial charge is 0.489 e. The molecule has 0 saturated carbocycles. The molecular formula is C13H11ClINO. The van der Waals surface area contributed by atoms with Crippen molar-refractivity contribution in [2.24, 2.45) is 0 Å². The van der Waals surface area contributed by atoms with Gasteiger partial charge in [0.15, 0.2) is 0 Å². The first-order valence-electron chi connectivity index (χ1n) is 5.07. The minimum absolute atomic E-state index is 0.488. The zero-order chi connectivity index (χ0) is 12.3. The zero-order valence-corrected chi connectivity index (χ0v) is 11.9. The van der Waals surface area contributed by atoms with Gasteiger partial charge in [0.2, 0.25) is 0 Å². The Balaban J connectivity index is 2.05. The van der Waals surface area contributed by atoms with Gasteiger partial charge >= 0.3 is 0 Å². The third kappa shape index (κ3) is 3.51. The van der Waals surface area contributed by atoms with Crippen LogP contribution in [-0.2, 0) is 6.61 Å². The summed E-state index contributed by atoms with van der Waals surface area (Å²) in [5, 5.41) is 0.572. The van der Waals surface area contributed by atoms with Crippen LogP contribution in [0.3, 0.4) is 0 Å². The van der Waals surface area contributed by atoms with Crippen LogP contribution in [0.1, 0.15) is 5.56 Å². The summed E-state index contributed by atoms with van der Waals surface area (Å²) in [4.78, 5) is 0. The fourth-order valence-corrected chi connectivity index (χ4v) is 2.04. The number of nitrogens with two attached hydrogens (primary N) is 1. The Kier molecular flexibility index (Phi) is 4.12. The highest BCUT2D eigenvalue weighted by atomic mass is 127. The van der Waals surface area contributed by atoms with Crippen LogP contribution in [0.2, 0.25) is 5.02 Å². The van der Waals surface area contributed by atoms with Gasteiger partial charge in [-0.25, -0.2) is 0 Å². The maximum atomic E-state index is 5.85. The van der Waals surface area contributed by atoms with Crippen LogP contribution in [0, 0.1) is 3.57 Å². The van der Waals surface area contributed by atoms with Gasteiger partial charge in [-0.2, -0.15) is 0 Å². The quantitative estimate of drug-likeness (QED) is 0.661. The van der Waals surface area contributed by atoms with Crippen LogP contribution in [0.15, 0.2) is 42.5 Å². The van der Waals surface area contributed by atoms with E-state index >= 15 is 0 Å². The van der Waals surface area contributed by atoms with Crippen LogP contribution in [0.25, 0.3) is 0 Å². The van der Waals surface area contributed by atoms with Crippen molar-refractivity contribution >= 4 is 39.9 Å². The third-order valence-corrected chi connectivity index (χ3v) is 3.28. The van der Waals surface area contributed by atoms with Gasteiger partial charge in [0, 0.05) is 3.57 Å². The molecule has 0 aliphatic heterocycles. The highest BCUT2D eigenvalue weighted by Crippen LogP contribution is 2.21. The number of ether oxygens (including phenoxy) is 1. The van der Waals surface area contributed by atoms with Crippen LogP contribution in [-0.4, -0.2) is 0 Å². The maximum Gasteiger partial charge on any atom is 0.120 e. The van der Waals surface area contributed by atoms with Crippen molar-refractivity contribution in [2.75, 3.05) is 5.73 Å². The van der Waals surface area contributed by atoms with E-state index in [0.29, 0.717) is 17.3 Å². The van der Waals surface area contributed by atoms with E-state index in [1.807, 2.05) is 36.4 Å². The Hall–Kier alpha value is -0.940. The van der Waals surface area contributed by atoms with Gasteiger partial charge in [-0.3, -0.25) is 0 Å². The molecule has 0 spiro atoms. The third-order valence-electron chi connectivity index (χ3n) is 2.26. The second kappa shape index (κ2) is 5.60. The Morgan fingerprint density at radius 2 is 2.00 bits per heavy atom. The monoisotopic (exact) mass is 359 g/mol. The molecule has 0 bridgehead atoms. The van der Waals surface area contributed by atoms with Gasteiger partial charge in [-0.15, -0.1) is 0 Å². The molecule has 0 aliphatic rings. The molecule has 4 heteroatoms. The molecule has 0 aromatic heterocycles. The van der Waals surface area contributed by atoms with Crippen molar-refractivity contribution in [1.82, 2.24) is 0 Å². The molecule has 88 valence electrons. The van der Waals surface area contributed by atoms with Crippen LogP contribution >= 0.6 is 34.2 Å². The summed E-state index contributed by atoms with van der Waals surface area (Å²) >= 11 is 8.10. The molecule has 0 atom stereocenters. The van der Waals surface area contributed by atoms with E-state index < -0.39 is 0 Å². The van der Waals surface area contributed by atoms with Gasteiger partial charge in [-0.1, -0.05) is 23.7 Å². The SMILES string of the molecule is Nc1cc(COc2cccc(I)c2)ccc1Cl. The zero-order valence-electron chi connectivity index (χ0n) is 8.99. The van der Waals surface area contributed by atoms with Gasteiger partial charge in [0.05, 0.1) is 10.7 Å². The second-order valence-electron chi connectivity index (χ2n) is 3.60. The number of anilines is 1. The summed E-state index contributed by atoms with van der Waals surface area (Å²) in [5.74, 6) is 0.852. The topological polar surface area (TPSA) is 35.2 Å². The number of hydrogen-bond donors (Lipinski definition) is 1. The van der Waals surface area contributed by atoms with Gasteiger partial charge < -0.3 is 10.5 Å². The summed E-state index contributed by atoms with van der Waals surface area (Å²) < 4.78 is 6.81. The highest BCUT2D eigenvalue weighted by molar-refractivity contribution is 14.1. The molecule has 2 rings (SSSR count). The summed E-state index contributed by atoms with van der Waals surface area (Å²) in [6.07, 6.45) is 0. The van der Waals surface area contributed by atoms with E-state index in [1.165, 1.54) is 0 Å². The van der Waals surface area contributed by atoms with Crippen molar-refractivity contribution in [2.45, 2.75) is 6.61 Å². The standard InChI is InChI=1S/C13H11ClINO/c14-12-5-4-9(6-13(12)16)8-17-11-3-1-2-10(15)7-11/h1-7H,8,16H2. The van der Waals surface area contributed by atoms with Crippen LogP contribution < -0.4 is 10.5 Å². The fourth-order valence-electron chi connectivity index (χ4n) is 1.41. The number of hydrogen-bond acceptors (Lipinski definition) is 2. The van der Waals surface area contributed by atoms with E-state index in [1.54, 1.807) is 6.07 Å². The molecule has 2 aromatic carbocycles. The molecule has 2 nitrogen and oxygen atoms in total. The van der Waals surface area contributed by atoms with E-state index in [-0.39, 0.29) is 0 Å². The molecule has 0 fully saturated rings. The Morgan fingerprint density at radius 1 is 1.18 bits per heavy atom. The predicted molar refractivity (Wildman–Crippen MR) is 79.4 cm³/mol. The van der Waals surface area contributed by atoms with E-state index in [9.17, 15) is 0 Å². The second-order valence-corrected chi connectivity index (χ2v) is 5.25. The number of rotatable bonds is 3. The molecule has 2 N–H and O–H groups in total. The summed E-state index contributed by atoms with van der Waals surface area (Å²) in [6.45, 7) is 0.488. The predicted octanol–water partition coefficient (Wildman–Crippen LogP) is 4.11.